The number of amides is 1. The third-order valence-corrected chi connectivity index (χ3v) is 5.86. The van der Waals surface area contributed by atoms with E-state index in [1.807, 2.05) is 29.3 Å². The van der Waals surface area contributed by atoms with Crippen LogP contribution in [0.4, 0.5) is 0 Å². The fourth-order valence-electron chi connectivity index (χ4n) is 2.44. The van der Waals surface area contributed by atoms with Gasteiger partial charge in [-0.15, -0.1) is 11.3 Å². The number of rotatable bonds is 9. The number of carbonyl (C=O) groups is 1. The van der Waals surface area contributed by atoms with Crippen molar-refractivity contribution in [2.45, 2.75) is 26.3 Å². The van der Waals surface area contributed by atoms with Crippen molar-refractivity contribution in [1.29, 1.82) is 0 Å². The maximum absolute atomic E-state index is 12.6. The number of hydrogen-bond acceptors (Lipinski definition) is 6. The van der Waals surface area contributed by atoms with Gasteiger partial charge in [-0.2, -0.15) is 22.0 Å². The lowest BCUT2D eigenvalue weighted by molar-refractivity contribution is -0.121. The summed E-state index contributed by atoms with van der Waals surface area (Å²) in [7, 11) is 0. The fourth-order valence-corrected chi connectivity index (χ4v) is 3.96. The van der Waals surface area contributed by atoms with E-state index in [1.165, 1.54) is 15.5 Å². The number of nitrogens with one attached hydrogen (secondary N) is 1. The molecule has 0 fully saturated rings. The Balaban J connectivity index is 1.62. The lowest BCUT2D eigenvalue weighted by atomic mass is 10.3. The van der Waals surface area contributed by atoms with Gasteiger partial charge in [-0.25, -0.2) is 9.20 Å². The molecule has 3 heterocycles. The van der Waals surface area contributed by atoms with E-state index in [0.717, 1.165) is 34.9 Å². The number of nitrogens with zero attached hydrogens (tertiary/aromatic N) is 4. The average molecular weight is 392 g/mol. The summed E-state index contributed by atoms with van der Waals surface area (Å²) < 4.78 is 2.63. The number of fused-ring (bicyclic) bond motifs is 1. The monoisotopic (exact) mass is 391 g/mol. The molecule has 0 aromatic carbocycles. The van der Waals surface area contributed by atoms with Gasteiger partial charge in [-0.05, 0) is 41.9 Å². The maximum Gasteiger partial charge on any atom is 0.293 e. The predicted molar refractivity (Wildman–Crippen MR) is 106 cm³/mol. The SMILES string of the molecule is CCCSCCCNC(=O)Cn1ncn2nc(-c3cccs3)cc2c1=O. The van der Waals surface area contributed by atoms with E-state index in [0.29, 0.717) is 12.1 Å². The molecule has 138 valence electrons. The zero-order chi connectivity index (χ0) is 18.4. The lowest BCUT2D eigenvalue weighted by Crippen LogP contribution is -2.34. The highest BCUT2D eigenvalue weighted by molar-refractivity contribution is 7.99. The molecule has 0 atom stereocenters. The van der Waals surface area contributed by atoms with Crippen LogP contribution in [0.3, 0.4) is 0 Å². The van der Waals surface area contributed by atoms with Crippen molar-refractivity contribution in [3.8, 4) is 10.6 Å². The first-order valence-corrected chi connectivity index (χ1v) is 10.6. The third-order valence-electron chi connectivity index (χ3n) is 3.69. The molecule has 1 amide bonds. The van der Waals surface area contributed by atoms with E-state index < -0.39 is 0 Å². The molecule has 0 unspecified atom stereocenters. The topological polar surface area (TPSA) is 81.3 Å². The summed E-state index contributed by atoms with van der Waals surface area (Å²) in [6.45, 7) is 2.68. The van der Waals surface area contributed by atoms with Crippen molar-refractivity contribution in [2.24, 2.45) is 0 Å². The molecule has 1 N–H and O–H groups in total. The lowest BCUT2D eigenvalue weighted by Gasteiger charge is -2.06. The number of aromatic nitrogens is 4. The number of thiophene rings is 1. The summed E-state index contributed by atoms with van der Waals surface area (Å²) >= 11 is 3.44. The minimum absolute atomic E-state index is 0.0864. The first kappa shape index (κ1) is 18.7. The van der Waals surface area contributed by atoms with Crippen molar-refractivity contribution in [3.05, 3.63) is 40.3 Å². The number of carbonyl (C=O) groups excluding carboxylic acids is 1. The van der Waals surface area contributed by atoms with Crippen LogP contribution in [0.1, 0.15) is 19.8 Å². The molecular weight excluding hydrogens is 370 g/mol. The van der Waals surface area contributed by atoms with Crippen LogP contribution in [0, 0.1) is 0 Å². The third kappa shape index (κ3) is 4.53. The summed E-state index contributed by atoms with van der Waals surface area (Å²) in [5, 5.41) is 13.2. The molecule has 0 radical (unpaired) electrons. The Morgan fingerprint density at radius 2 is 2.27 bits per heavy atom. The maximum atomic E-state index is 12.6. The molecule has 0 aliphatic carbocycles. The summed E-state index contributed by atoms with van der Waals surface area (Å²) in [6, 6.07) is 5.62. The van der Waals surface area contributed by atoms with E-state index in [4.69, 9.17) is 0 Å². The quantitative estimate of drug-likeness (QED) is 0.566. The largest absolute Gasteiger partial charge is 0.354 e. The highest BCUT2D eigenvalue weighted by Crippen LogP contribution is 2.23. The van der Waals surface area contributed by atoms with Crippen molar-refractivity contribution in [2.75, 3.05) is 18.1 Å². The van der Waals surface area contributed by atoms with Crippen molar-refractivity contribution in [1.82, 2.24) is 24.7 Å². The minimum atomic E-state index is -0.323. The first-order chi connectivity index (χ1) is 12.7. The van der Waals surface area contributed by atoms with Gasteiger partial charge in [0.15, 0.2) is 0 Å². The summed E-state index contributed by atoms with van der Waals surface area (Å²) in [5.41, 5.74) is 0.814. The second-order valence-corrected chi connectivity index (χ2v) is 7.92. The Labute approximate surface area is 159 Å². The van der Waals surface area contributed by atoms with Crippen molar-refractivity contribution in [3.63, 3.8) is 0 Å². The van der Waals surface area contributed by atoms with Gasteiger partial charge in [0.25, 0.3) is 5.56 Å². The smallest absolute Gasteiger partial charge is 0.293 e. The zero-order valence-corrected chi connectivity index (χ0v) is 16.2. The van der Waals surface area contributed by atoms with Crippen molar-refractivity contribution >= 4 is 34.5 Å². The summed E-state index contributed by atoms with van der Waals surface area (Å²) in [6.07, 6.45) is 3.55. The Kier molecular flexibility index (Phi) is 6.45. The van der Waals surface area contributed by atoms with E-state index >= 15 is 0 Å². The zero-order valence-electron chi connectivity index (χ0n) is 14.6. The van der Waals surface area contributed by atoms with Crippen LogP contribution >= 0.6 is 23.1 Å². The minimum Gasteiger partial charge on any atom is -0.354 e. The van der Waals surface area contributed by atoms with Crippen LogP contribution < -0.4 is 10.9 Å². The summed E-state index contributed by atoms with van der Waals surface area (Å²) in [5.74, 6) is 1.97. The van der Waals surface area contributed by atoms with Gasteiger partial charge in [-0.3, -0.25) is 9.59 Å². The molecule has 7 nitrogen and oxygen atoms in total. The van der Waals surface area contributed by atoms with E-state index in [-0.39, 0.29) is 18.0 Å². The Hall–Kier alpha value is -2.13. The molecular formula is C17H21N5O2S2. The molecule has 0 bridgehead atoms. The fraction of sp³-hybridized carbons (Fsp3) is 0.412. The molecule has 0 spiro atoms. The molecule has 0 aliphatic rings. The van der Waals surface area contributed by atoms with Crippen LogP contribution in [0.15, 0.2) is 34.7 Å². The average Bonchev–Trinajstić information content (AvgIpc) is 3.30. The highest BCUT2D eigenvalue weighted by atomic mass is 32.2. The second-order valence-electron chi connectivity index (χ2n) is 5.75. The van der Waals surface area contributed by atoms with Gasteiger partial charge in [0.2, 0.25) is 5.91 Å². The van der Waals surface area contributed by atoms with Crippen LogP contribution in [0.25, 0.3) is 16.1 Å². The summed E-state index contributed by atoms with van der Waals surface area (Å²) in [4.78, 5) is 25.6. The highest BCUT2D eigenvalue weighted by Gasteiger charge is 2.12. The normalized spacial score (nSPS) is 11.1. The van der Waals surface area contributed by atoms with Gasteiger partial charge in [0.05, 0.1) is 4.88 Å². The molecule has 0 saturated carbocycles. The van der Waals surface area contributed by atoms with E-state index in [2.05, 4.69) is 22.4 Å². The molecule has 3 rings (SSSR count). The molecule has 26 heavy (non-hydrogen) atoms. The Morgan fingerprint density at radius 3 is 3.04 bits per heavy atom. The van der Waals surface area contributed by atoms with E-state index in [1.54, 1.807) is 17.4 Å². The molecule has 0 aliphatic heterocycles. The van der Waals surface area contributed by atoms with Gasteiger partial charge in [0, 0.05) is 6.54 Å². The molecule has 0 saturated heterocycles. The molecule has 3 aromatic heterocycles. The molecule has 9 heteroatoms. The van der Waals surface area contributed by atoms with Crippen LogP contribution in [-0.2, 0) is 11.3 Å². The van der Waals surface area contributed by atoms with E-state index in [9.17, 15) is 9.59 Å². The second kappa shape index (κ2) is 9.00. The van der Waals surface area contributed by atoms with Gasteiger partial charge >= 0.3 is 0 Å². The van der Waals surface area contributed by atoms with Crippen LogP contribution in [0.5, 0.6) is 0 Å². The number of thioether (sulfide) groups is 1. The van der Waals surface area contributed by atoms with Crippen LogP contribution in [-0.4, -0.2) is 43.4 Å². The standard InChI is InChI=1S/C17H21N5O2S2/c1-2-7-25-8-4-6-18-16(23)11-21-17(24)14-10-13(15-5-3-9-26-15)20-22(14)12-19-21/h3,5,9-10,12H,2,4,6-8,11H2,1H3,(H,18,23). The predicted octanol–water partition coefficient (Wildman–Crippen LogP) is 2.27. The molecule has 3 aromatic rings. The number of hydrogen-bond donors (Lipinski definition) is 1. The Morgan fingerprint density at radius 1 is 1.38 bits per heavy atom. The first-order valence-electron chi connectivity index (χ1n) is 8.53. The van der Waals surface area contributed by atoms with Gasteiger partial charge in [-0.1, -0.05) is 13.0 Å². The van der Waals surface area contributed by atoms with Gasteiger partial charge < -0.3 is 5.32 Å². The Bertz CT molecular complexity index is 917. The van der Waals surface area contributed by atoms with Crippen LogP contribution in [0.2, 0.25) is 0 Å². The van der Waals surface area contributed by atoms with Crippen molar-refractivity contribution < 1.29 is 4.79 Å². The van der Waals surface area contributed by atoms with Gasteiger partial charge in [0.1, 0.15) is 24.1 Å².